The minimum absolute atomic E-state index is 0.0621. The lowest BCUT2D eigenvalue weighted by Gasteiger charge is -2.19. The van der Waals surface area contributed by atoms with Crippen molar-refractivity contribution in [3.8, 4) is 0 Å². The summed E-state index contributed by atoms with van der Waals surface area (Å²) in [7, 11) is 1.63. The van der Waals surface area contributed by atoms with Crippen molar-refractivity contribution < 1.29 is 14.6 Å². The molecule has 5 nitrogen and oxygen atoms in total. The van der Waals surface area contributed by atoms with Crippen LogP contribution in [0.2, 0.25) is 0 Å². The second kappa shape index (κ2) is 7.49. The van der Waals surface area contributed by atoms with Crippen LogP contribution < -0.4 is 0 Å². The number of carbonyl (C=O) groups is 1. The molecule has 0 aliphatic carbocycles. The Morgan fingerprint density at radius 2 is 2.35 bits per heavy atom. The van der Waals surface area contributed by atoms with Gasteiger partial charge in [0.2, 0.25) is 0 Å². The number of ether oxygens (including phenoxy) is 1. The normalized spacial score (nSPS) is 10.7. The molecule has 1 N–H and O–H groups in total. The molecule has 0 radical (unpaired) electrons. The van der Waals surface area contributed by atoms with Gasteiger partial charge < -0.3 is 14.7 Å². The number of hydrogen-bond donors (Lipinski definition) is 1. The van der Waals surface area contributed by atoms with Crippen molar-refractivity contribution in [1.82, 2.24) is 9.88 Å². The van der Waals surface area contributed by atoms with E-state index in [2.05, 4.69) is 4.98 Å². The van der Waals surface area contributed by atoms with Crippen LogP contribution in [-0.2, 0) is 17.9 Å². The lowest BCUT2D eigenvalue weighted by Crippen LogP contribution is -2.32. The van der Waals surface area contributed by atoms with E-state index in [0.29, 0.717) is 24.6 Å². The summed E-state index contributed by atoms with van der Waals surface area (Å²) < 4.78 is 5.05. The molecular weight excluding hydrogens is 296 g/mol. The Balaban J connectivity index is 2.08. The molecule has 2 heterocycles. The fraction of sp³-hybridized carbons (Fsp3) is 0.385. The zero-order chi connectivity index (χ0) is 14.4. The highest BCUT2D eigenvalue weighted by Crippen LogP contribution is 2.20. The predicted molar refractivity (Wildman–Crippen MR) is 79.0 cm³/mol. The van der Waals surface area contributed by atoms with Gasteiger partial charge in [0, 0.05) is 30.1 Å². The summed E-state index contributed by atoms with van der Waals surface area (Å²) in [5.41, 5.74) is 0. The van der Waals surface area contributed by atoms with Crippen molar-refractivity contribution in [1.29, 1.82) is 0 Å². The van der Waals surface area contributed by atoms with Crippen LogP contribution in [0, 0.1) is 0 Å². The lowest BCUT2D eigenvalue weighted by atomic mass is 10.3. The summed E-state index contributed by atoms with van der Waals surface area (Å²) in [5.74, 6) is -0.0818. The summed E-state index contributed by atoms with van der Waals surface area (Å²) in [6, 6.07) is 3.69. The SMILES string of the molecule is COCc1ccc(C(=O)N(CCO)Cc2nccs2)s1. The van der Waals surface area contributed by atoms with Crippen LogP contribution in [0.15, 0.2) is 23.7 Å². The predicted octanol–water partition coefficient (Wildman–Crippen LogP) is 1.99. The van der Waals surface area contributed by atoms with Gasteiger partial charge in [0.1, 0.15) is 5.01 Å². The fourth-order valence-electron chi connectivity index (χ4n) is 1.74. The van der Waals surface area contributed by atoms with Gasteiger partial charge in [-0.05, 0) is 12.1 Å². The van der Waals surface area contributed by atoms with Gasteiger partial charge >= 0.3 is 0 Å². The van der Waals surface area contributed by atoms with E-state index in [-0.39, 0.29) is 12.5 Å². The number of amides is 1. The van der Waals surface area contributed by atoms with Crippen LogP contribution in [-0.4, -0.2) is 41.2 Å². The molecule has 0 aromatic carbocycles. The molecule has 2 aromatic rings. The summed E-state index contributed by atoms with van der Waals surface area (Å²) in [5, 5.41) is 11.9. The van der Waals surface area contributed by atoms with E-state index >= 15 is 0 Å². The van der Waals surface area contributed by atoms with Crippen molar-refractivity contribution in [3.63, 3.8) is 0 Å². The summed E-state index contributed by atoms with van der Waals surface area (Å²) >= 11 is 2.92. The van der Waals surface area contributed by atoms with Gasteiger partial charge in [-0.25, -0.2) is 4.98 Å². The third kappa shape index (κ3) is 3.86. The molecule has 2 aromatic heterocycles. The first-order valence-electron chi connectivity index (χ1n) is 6.10. The van der Waals surface area contributed by atoms with E-state index in [1.54, 1.807) is 24.3 Å². The van der Waals surface area contributed by atoms with E-state index in [9.17, 15) is 4.79 Å². The van der Waals surface area contributed by atoms with Crippen LogP contribution in [0.3, 0.4) is 0 Å². The Morgan fingerprint density at radius 1 is 1.50 bits per heavy atom. The van der Waals surface area contributed by atoms with Gasteiger partial charge in [-0.15, -0.1) is 22.7 Å². The Bertz CT molecular complexity index is 540. The van der Waals surface area contributed by atoms with Crippen molar-refractivity contribution >= 4 is 28.6 Å². The van der Waals surface area contributed by atoms with Gasteiger partial charge in [0.05, 0.1) is 24.6 Å². The van der Waals surface area contributed by atoms with Gasteiger partial charge in [-0.2, -0.15) is 0 Å². The fourth-order valence-corrected chi connectivity index (χ4v) is 3.31. The summed E-state index contributed by atoms with van der Waals surface area (Å²) in [6.07, 6.45) is 1.71. The van der Waals surface area contributed by atoms with Crippen LogP contribution in [0.1, 0.15) is 19.6 Å². The molecule has 1 amide bonds. The Kier molecular flexibility index (Phi) is 5.66. The number of aliphatic hydroxyl groups excluding tert-OH is 1. The smallest absolute Gasteiger partial charge is 0.264 e. The number of aliphatic hydroxyl groups is 1. The highest BCUT2D eigenvalue weighted by molar-refractivity contribution is 7.14. The third-order valence-electron chi connectivity index (χ3n) is 2.63. The Hall–Kier alpha value is -1.28. The van der Waals surface area contributed by atoms with Crippen LogP contribution in [0.25, 0.3) is 0 Å². The Morgan fingerprint density at radius 3 is 3.00 bits per heavy atom. The van der Waals surface area contributed by atoms with Crippen molar-refractivity contribution in [2.75, 3.05) is 20.3 Å². The number of rotatable bonds is 7. The zero-order valence-corrected chi connectivity index (χ0v) is 12.7. The van der Waals surface area contributed by atoms with E-state index in [1.165, 1.54) is 22.7 Å². The maximum Gasteiger partial charge on any atom is 0.264 e. The summed E-state index contributed by atoms with van der Waals surface area (Å²) in [6.45, 7) is 1.17. The largest absolute Gasteiger partial charge is 0.395 e. The first-order valence-corrected chi connectivity index (χ1v) is 7.80. The minimum atomic E-state index is -0.0818. The quantitative estimate of drug-likeness (QED) is 0.849. The van der Waals surface area contributed by atoms with Crippen LogP contribution in [0.5, 0.6) is 0 Å². The average Bonchev–Trinajstić information content (AvgIpc) is 3.09. The van der Waals surface area contributed by atoms with Gasteiger partial charge in [-0.3, -0.25) is 4.79 Å². The topological polar surface area (TPSA) is 62.7 Å². The highest BCUT2D eigenvalue weighted by Gasteiger charge is 2.18. The standard InChI is InChI=1S/C13H16N2O3S2/c1-18-9-10-2-3-11(20-10)13(17)15(5-6-16)8-12-14-4-7-19-12/h2-4,7,16H,5-6,8-9H2,1H3. The van der Waals surface area contributed by atoms with E-state index in [1.807, 2.05) is 11.4 Å². The molecule has 0 unspecified atom stereocenters. The second-order valence-electron chi connectivity index (χ2n) is 4.08. The second-order valence-corrected chi connectivity index (χ2v) is 6.22. The maximum absolute atomic E-state index is 12.4. The zero-order valence-electron chi connectivity index (χ0n) is 11.1. The third-order valence-corrected chi connectivity index (χ3v) is 4.44. The molecule has 0 atom stereocenters. The molecule has 0 spiro atoms. The van der Waals surface area contributed by atoms with Crippen LogP contribution in [0.4, 0.5) is 0 Å². The number of thiazole rings is 1. The minimum Gasteiger partial charge on any atom is -0.395 e. The van der Waals surface area contributed by atoms with Gasteiger partial charge in [0.25, 0.3) is 5.91 Å². The highest BCUT2D eigenvalue weighted by atomic mass is 32.1. The van der Waals surface area contributed by atoms with E-state index < -0.39 is 0 Å². The van der Waals surface area contributed by atoms with Crippen molar-refractivity contribution in [2.24, 2.45) is 0 Å². The van der Waals surface area contributed by atoms with Crippen molar-refractivity contribution in [3.05, 3.63) is 38.5 Å². The first kappa shape index (κ1) is 15.1. The molecule has 0 aliphatic heterocycles. The first-order chi connectivity index (χ1) is 9.74. The molecule has 7 heteroatoms. The van der Waals surface area contributed by atoms with Crippen molar-refractivity contribution in [2.45, 2.75) is 13.2 Å². The number of nitrogens with zero attached hydrogens (tertiary/aromatic N) is 2. The molecule has 0 saturated heterocycles. The number of thiophene rings is 1. The Labute approximate surface area is 125 Å². The molecular formula is C13H16N2O3S2. The monoisotopic (exact) mass is 312 g/mol. The molecule has 0 fully saturated rings. The molecule has 0 saturated carbocycles. The maximum atomic E-state index is 12.4. The molecule has 20 heavy (non-hydrogen) atoms. The number of carbonyl (C=O) groups excluding carboxylic acids is 1. The number of aromatic nitrogens is 1. The van der Waals surface area contributed by atoms with Gasteiger partial charge in [0.15, 0.2) is 0 Å². The molecule has 0 bridgehead atoms. The van der Waals surface area contributed by atoms with E-state index in [0.717, 1.165) is 9.88 Å². The molecule has 0 aliphatic rings. The van der Waals surface area contributed by atoms with Gasteiger partial charge in [-0.1, -0.05) is 0 Å². The lowest BCUT2D eigenvalue weighted by molar-refractivity contribution is 0.0712. The number of methoxy groups -OCH3 is 1. The molecule has 2 rings (SSSR count). The van der Waals surface area contributed by atoms with Crippen LogP contribution >= 0.6 is 22.7 Å². The van der Waals surface area contributed by atoms with E-state index in [4.69, 9.17) is 9.84 Å². The molecule has 108 valence electrons. The average molecular weight is 312 g/mol. The summed E-state index contributed by atoms with van der Waals surface area (Å²) in [4.78, 5) is 19.9. The number of hydrogen-bond acceptors (Lipinski definition) is 6.